The molecular weight excluding hydrogens is 307 g/mol. The summed E-state index contributed by atoms with van der Waals surface area (Å²) < 4.78 is 37.8. The summed E-state index contributed by atoms with van der Waals surface area (Å²) in [5.74, 6) is -0.253. The Kier molecular flexibility index (Phi) is 4.12. The maximum absolute atomic E-state index is 12.6. The minimum atomic E-state index is -4.40. The van der Waals surface area contributed by atoms with Gasteiger partial charge in [0, 0.05) is 24.1 Å². The Morgan fingerprint density at radius 3 is 2.39 bits per heavy atom. The number of aliphatic hydroxyl groups excluding tert-OH is 1. The lowest BCUT2D eigenvalue weighted by atomic mass is 9.76. The first-order valence-electron chi connectivity index (χ1n) is 7.96. The van der Waals surface area contributed by atoms with Crippen LogP contribution in [0, 0.1) is 5.41 Å². The van der Waals surface area contributed by atoms with Crippen LogP contribution in [-0.4, -0.2) is 35.1 Å². The molecule has 3 rings (SSSR count). The maximum Gasteiger partial charge on any atom is 0.416 e. The monoisotopic (exact) mass is 327 g/mol. The average Bonchev–Trinajstić information content (AvgIpc) is 2.86. The van der Waals surface area contributed by atoms with Crippen molar-refractivity contribution in [1.82, 2.24) is 4.90 Å². The molecule has 1 amide bonds. The Labute approximate surface area is 133 Å². The molecule has 3 nitrogen and oxygen atoms in total. The van der Waals surface area contributed by atoms with Crippen LogP contribution in [0.2, 0.25) is 0 Å². The summed E-state index contributed by atoms with van der Waals surface area (Å²) in [6.45, 7) is 1.09. The molecule has 0 aromatic heterocycles. The Morgan fingerprint density at radius 1 is 1.17 bits per heavy atom. The van der Waals surface area contributed by atoms with Crippen LogP contribution < -0.4 is 0 Å². The lowest BCUT2D eigenvalue weighted by molar-refractivity contribution is -0.137. The van der Waals surface area contributed by atoms with E-state index in [1.54, 1.807) is 4.90 Å². The highest BCUT2D eigenvalue weighted by atomic mass is 19.4. The number of aliphatic hydroxyl groups is 1. The summed E-state index contributed by atoms with van der Waals surface area (Å²) in [6.07, 6.45) is -0.415. The first-order chi connectivity index (χ1) is 10.8. The van der Waals surface area contributed by atoms with Crippen LogP contribution >= 0.6 is 0 Å². The summed E-state index contributed by atoms with van der Waals surface area (Å²) in [5.41, 5.74) is -0.710. The van der Waals surface area contributed by atoms with Gasteiger partial charge in [-0.15, -0.1) is 0 Å². The van der Waals surface area contributed by atoms with E-state index in [1.165, 1.54) is 12.1 Å². The zero-order valence-corrected chi connectivity index (χ0v) is 12.8. The molecular formula is C17H20F3NO2. The molecule has 0 bridgehead atoms. The van der Waals surface area contributed by atoms with Crippen LogP contribution in [0.5, 0.6) is 0 Å². The van der Waals surface area contributed by atoms with Crippen molar-refractivity contribution in [2.75, 3.05) is 13.1 Å². The predicted molar refractivity (Wildman–Crippen MR) is 78.9 cm³/mol. The minimum Gasteiger partial charge on any atom is -0.392 e. The smallest absolute Gasteiger partial charge is 0.392 e. The summed E-state index contributed by atoms with van der Waals surface area (Å²) in [4.78, 5) is 14.3. The summed E-state index contributed by atoms with van der Waals surface area (Å²) in [5, 5.41) is 10.2. The number of halogens is 3. The molecule has 6 heteroatoms. The number of rotatable bonds is 1. The van der Waals surface area contributed by atoms with Gasteiger partial charge in [0.15, 0.2) is 0 Å². The maximum atomic E-state index is 12.6. The van der Waals surface area contributed by atoms with Gasteiger partial charge in [0.1, 0.15) is 0 Å². The van der Waals surface area contributed by atoms with E-state index in [0.29, 0.717) is 13.1 Å². The number of hydrogen-bond acceptors (Lipinski definition) is 2. The van der Waals surface area contributed by atoms with Crippen LogP contribution in [0.25, 0.3) is 0 Å². The van der Waals surface area contributed by atoms with Gasteiger partial charge in [0.25, 0.3) is 5.91 Å². The molecule has 1 aliphatic carbocycles. The van der Waals surface area contributed by atoms with Gasteiger partial charge in [-0.25, -0.2) is 0 Å². The number of carbonyl (C=O) groups excluding carboxylic acids is 1. The molecule has 1 saturated heterocycles. The number of amides is 1. The van der Waals surface area contributed by atoms with Gasteiger partial charge in [0.05, 0.1) is 11.7 Å². The fraction of sp³-hybridized carbons (Fsp3) is 0.588. The highest BCUT2D eigenvalue weighted by Crippen LogP contribution is 2.45. The Balaban J connectivity index is 1.75. The van der Waals surface area contributed by atoms with Gasteiger partial charge in [-0.3, -0.25) is 4.79 Å². The molecule has 1 aromatic rings. The van der Waals surface area contributed by atoms with Gasteiger partial charge in [-0.1, -0.05) is 6.42 Å². The van der Waals surface area contributed by atoms with Gasteiger partial charge in [-0.05, 0) is 49.9 Å². The zero-order valence-electron chi connectivity index (χ0n) is 12.8. The third-order valence-corrected chi connectivity index (χ3v) is 5.21. The lowest BCUT2D eigenvalue weighted by Crippen LogP contribution is -2.49. The molecule has 2 atom stereocenters. The largest absolute Gasteiger partial charge is 0.416 e. The third-order valence-electron chi connectivity index (χ3n) is 5.21. The summed E-state index contributed by atoms with van der Waals surface area (Å²) >= 11 is 0. The Bertz CT molecular complexity index is 584. The number of nitrogens with zero attached hydrogens (tertiary/aromatic N) is 1. The molecule has 1 N–H and O–H groups in total. The van der Waals surface area contributed by atoms with E-state index in [2.05, 4.69) is 0 Å². The van der Waals surface area contributed by atoms with E-state index < -0.39 is 11.7 Å². The number of piperidine rings is 1. The first kappa shape index (κ1) is 16.3. The molecule has 1 saturated carbocycles. The van der Waals surface area contributed by atoms with Crippen LogP contribution in [0.15, 0.2) is 24.3 Å². The number of likely N-dealkylation sites (tertiary alicyclic amines) is 1. The zero-order chi connectivity index (χ0) is 16.7. The molecule has 0 radical (unpaired) electrons. The molecule has 1 heterocycles. The first-order valence-corrected chi connectivity index (χ1v) is 7.96. The van der Waals surface area contributed by atoms with E-state index in [0.717, 1.165) is 44.2 Å². The van der Waals surface area contributed by atoms with E-state index in [-0.39, 0.29) is 23.0 Å². The van der Waals surface area contributed by atoms with Gasteiger partial charge in [-0.2, -0.15) is 13.2 Å². The van der Waals surface area contributed by atoms with Crippen molar-refractivity contribution in [1.29, 1.82) is 0 Å². The van der Waals surface area contributed by atoms with Gasteiger partial charge in [0.2, 0.25) is 0 Å². The lowest BCUT2D eigenvalue weighted by Gasteiger charge is -2.42. The normalized spacial score (nSPS) is 28.3. The SMILES string of the molecule is O=C(c1ccc(C(F)(F)F)cc1)N1CCC[C@@]2(CCC[C@H]2O)C1. The van der Waals surface area contributed by atoms with Gasteiger partial charge < -0.3 is 10.0 Å². The van der Waals surface area contributed by atoms with Crippen LogP contribution in [0.4, 0.5) is 13.2 Å². The Hall–Kier alpha value is -1.56. The van der Waals surface area contributed by atoms with Crippen molar-refractivity contribution < 1.29 is 23.1 Å². The number of hydrogen-bond donors (Lipinski definition) is 1. The van der Waals surface area contributed by atoms with E-state index in [1.807, 2.05) is 0 Å². The predicted octanol–water partition coefficient (Wildman–Crippen LogP) is 3.47. The molecule has 126 valence electrons. The molecule has 2 aliphatic rings. The summed E-state index contributed by atoms with van der Waals surface area (Å²) in [6, 6.07) is 4.35. The molecule has 2 fully saturated rings. The highest BCUT2D eigenvalue weighted by Gasteiger charge is 2.45. The van der Waals surface area contributed by atoms with E-state index in [4.69, 9.17) is 0 Å². The second-order valence-corrected chi connectivity index (χ2v) is 6.68. The van der Waals surface area contributed by atoms with Crippen LogP contribution in [0.3, 0.4) is 0 Å². The Morgan fingerprint density at radius 2 is 1.83 bits per heavy atom. The van der Waals surface area contributed by atoms with Crippen LogP contribution in [-0.2, 0) is 6.18 Å². The van der Waals surface area contributed by atoms with E-state index >= 15 is 0 Å². The molecule has 1 spiro atoms. The highest BCUT2D eigenvalue weighted by molar-refractivity contribution is 5.94. The fourth-order valence-electron chi connectivity index (χ4n) is 3.91. The summed E-state index contributed by atoms with van der Waals surface area (Å²) in [7, 11) is 0. The second kappa shape index (κ2) is 5.82. The average molecular weight is 327 g/mol. The molecule has 0 unspecified atom stereocenters. The second-order valence-electron chi connectivity index (χ2n) is 6.68. The van der Waals surface area contributed by atoms with Crippen LogP contribution in [0.1, 0.15) is 48.0 Å². The number of alkyl halides is 3. The number of carbonyl (C=O) groups is 1. The van der Waals surface area contributed by atoms with Crippen molar-refractivity contribution in [3.05, 3.63) is 35.4 Å². The topological polar surface area (TPSA) is 40.5 Å². The van der Waals surface area contributed by atoms with Crippen molar-refractivity contribution in [2.24, 2.45) is 5.41 Å². The van der Waals surface area contributed by atoms with Gasteiger partial charge >= 0.3 is 6.18 Å². The third kappa shape index (κ3) is 3.09. The quantitative estimate of drug-likeness (QED) is 0.858. The molecule has 1 aromatic carbocycles. The van der Waals surface area contributed by atoms with Crippen molar-refractivity contribution in [3.63, 3.8) is 0 Å². The minimum absolute atomic E-state index is 0.222. The van der Waals surface area contributed by atoms with Crippen molar-refractivity contribution >= 4 is 5.91 Å². The standard InChI is InChI=1S/C17H20F3NO2/c18-17(19,20)13-6-4-12(5-7-13)15(23)21-10-2-9-16(11-21)8-1-3-14(16)22/h4-7,14,22H,1-3,8-11H2/t14-,16+/m1/s1. The number of benzene rings is 1. The fourth-order valence-corrected chi connectivity index (χ4v) is 3.91. The van der Waals surface area contributed by atoms with Crippen molar-refractivity contribution in [3.8, 4) is 0 Å². The molecule has 1 aliphatic heterocycles. The molecule has 23 heavy (non-hydrogen) atoms. The van der Waals surface area contributed by atoms with Crippen molar-refractivity contribution in [2.45, 2.75) is 44.4 Å². The van der Waals surface area contributed by atoms with E-state index in [9.17, 15) is 23.1 Å².